The fraction of sp³-hybridized carbons (Fsp3) is 0.414. The number of hydrogen-bond donors (Lipinski definition) is 1. The molecule has 0 spiro atoms. The van der Waals surface area contributed by atoms with Gasteiger partial charge in [-0.3, -0.25) is 4.79 Å². The maximum atomic E-state index is 12.7. The molecule has 3 aromatic rings. The second kappa shape index (κ2) is 12.3. The molecule has 1 N–H and O–H groups in total. The smallest absolute Gasteiger partial charge is 0.358 e. The lowest BCUT2D eigenvalue weighted by molar-refractivity contribution is 0.0518. The van der Waals surface area contributed by atoms with Crippen LogP contribution in [0.25, 0.3) is 16.9 Å². The Morgan fingerprint density at radius 1 is 1.00 bits per heavy atom. The minimum Gasteiger partial charge on any atom is -0.461 e. The first-order chi connectivity index (χ1) is 16.9. The molecule has 1 aromatic heterocycles. The van der Waals surface area contributed by atoms with Crippen LogP contribution in [-0.2, 0) is 4.74 Å². The monoisotopic (exact) mass is 475 g/mol. The third kappa shape index (κ3) is 6.59. The lowest BCUT2D eigenvalue weighted by atomic mass is 9.99. The van der Waals surface area contributed by atoms with Crippen molar-refractivity contribution in [2.75, 3.05) is 13.2 Å². The zero-order valence-electron chi connectivity index (χ0n) is 21.6. The quantitative estimate of drug-likeness (QED) is 0.331. The second-order valence-corrected chi connectivity index (χ2v) is 9.02. The lowest BCUT2D eigenvalue weighted by Gasteiger charge is -2.15. The van der Waals surface area contributed by atoms with E-state index in [1.807, 2.05) is 18.2 Å². The first kappa shape index (κ1) is 26.2. The molecule has 0 saturated carbocycles. The van der Waals surface area contributed by atoms with Crippen LogP contribution in [-0.4, -0.2) is 34.8 Å². The van der Waals surface area contributed by atoms with Gasteiger partial charge in [-0.25, -0.2) is 9.48 Å². The van der Waals surface area contributed by atoms with Crippen molar-refractivity contribution in [3.05, 3.63) is 70.9 Å². The zero-order chi connectivity index (χ0) is 25.4. The summed E-state index contributed by atoms with van der Waals surface area (Å²) in [5, 5.41) is 7.62. The van der Waals surface area contributed by atoms with Gasteiger partial charge < -0.3 is 10.1 Å². The number of aryl methyl sites for hydroxylation is 2. The van der Waals surface area contributed by atoms with Crippen LogP contribution < -0.4 is 5.32 Å². The van der Waals surface area contributed by atoms with Crippen molar-refractivity contribution in [1.82, 2.24) is 15.1 Å². The number of amides is 1. The molecule has 3 rings (SSSR count). The van der Waals surface area contributed by atoms with E-state index in [0.717, 1.165) is 35.3 Å². The Balaban J connectivity index is 1.86. The van der Waals surface area contributed by atoms with E-state index >= 15 is 0 Å². The number of nitrogens with one attached hydrogen (secondary N) is 1. The largest absolute Gasteiger partial charge is 0.461 e. The highest BCUT2D eigenvalue weighted by atomic mass is 16.5. The average molecular weight is 476 g/mol. The maximum Gasteiger partial charge on any atom is 0.358 e. The molecule has 0 fully saturated rings. The fourth-order valence-electron chi connectivity index (χ4n) is 4.03. The van der Waals surface area contributed by atoms with Crippen molar-refractivity contribution >= 4 is 11.9 Å². The standard InChI is InChI=1S/C29H37N3O3/c1-6-9-10-22(7-2)19-30-28(33)23-13-15-25(16-14-23)32-27(18-26(31-32)29(34)35-8-3)24-12-11-20(4)21(5)17-24/h11-18,22H,6-10,19H2,1-5H3,(H,30,33)/t22-/m1/s1. The van der Waals surface area contributed by atoms with Gasteiger partial charge in [0.25, 0.3) is 5.91 Å². The highest BCUT2D eigenvalue weighted by molar-refractivity contribution is 5.94. The summed E-state index contributed by atoms with van der Waals surface area (Å²) in [6.45, 7) is 11.2. The number of benzene rings is 2. The molecule has 0 aliphatic carbocycles. The van der Waals surface area contributed by atoms with Crippen molar-refractivity contribution < 1.29 is 14.3 Å². The number of nitrogens with zero attached hydrogens (tertiary/aromatic N) is 2. The molecule has 186 valence electrons. The SMILES string of the molecule is CCCC[C@@H](CC)CNC(=O)c1ccc(-n2nc(C(=O)OCC)cc2-c2ccc(C)c(C)c2)cc1. The van der Waals surface area contributed by atoms with Gasteiger partial charge in [0.05, 0.1) is 18.0 Å². The Labute approximate surface area is 208 Å². The average Bonchev–Trinajstić information content (AvgIpc) is 3.31. The van der Waals surface area contributed by atoms with E-state index in [-0.39, 0.29) is 18.2 Å². The summed E-state index contributed by atoms with van der Waals surface area (Å²) >= 11 is 0. The number of rotatable bonds is 11. The van der Waals surface area contributed by atoms with Gasteiger partial charge in [-0.05, 0) is 80.6 Å². The van der Waals surface area contributed by atoms with Crippen LogP contribution in [0.5, 0.6) is 0 Å². The van der Waals surface area contributed by atoms with Gasteiger partial charge in [0.15, 0.2) is 5.69 Å². The molecular formula is C29H37N3O3. The molecule has 0 aliphatic rings. The number of aromatic nitrogens is 2. The van der Waals surface area contributed by atoms with Crippen molar-refractivity contribution in [3.8, 4) is 16.9 Å². The topological polar surface area (TPSA) is 73.2 Å². The predicted molar refractivity (Wildman–Crippen MR) is 140 cm³/mol. The number of esters is 1. The second-order valence-electron chi connectivity index (χ2n) is 9.02. The molecule has 35 heavy (non-hydrogen) atoms. The van der Waals surface area contributed by atoms with Crippen LogP contribution in [0.3, 0.4) is 0 Å². The Morgan fingerprint density at radius 2 is 1.74 bits per heavy atom. The summed E-state index contributed by atoms with van der Waals surface area (Å²) in [7, 11) is 0. The van der Waals surface area contributed by atoms with Gasteiger partial charge in [0.1, 0.15) is 0 Å². The van der Waals surface area contributed by atoms with Gasteiger partial charge >= 0.3 is 5.97 Å². The molecule has 1 heterocycles. The molecule has 6 nitrogen and oxygen atoms in total. The molecule has 6 heteroatoms. The van der Waals surface area contributed by atoms with E-state index in [1.165, 1.54) is 18.4 Å². The molecule has 0 unspecified atom stereocenters. The first-order valence-corrected chi connectivity index (χ1v) is 12.6. The van der Waals surface area contributed by atoms with Crippen LogP contribution in [0.2, 0.25) is 0 Å². The van der Waals surface area contributed by atoms with Crippen molar-refractivity contribution in [1.29, 1.82) is 0 Å². The van der Waals surface area contributed by atoms with Gasteiger partial charge in [0, 0.05) is 17.7 Å². The molecule has 0 bridgehead atoms. The Kier molecular flexibility index (Phi) is 9.24. The number of ether oxygens (including phenoxy) is 1. The van der Waals surface area contributed by atoms with Crippen LogP contribution in [0.4, 0.5) is 0 Å². The summed E-state index contributed by atoms with van der Waals surface area (Å²) in [6.07, 6.45) is 4.54. The summed E-state index contributed by atoms with van der Waals surface area (Å²) in [4.78, 5) is 25.1. The van der Waals surface area contributed by atoms with E-state index in [9.17, 15) is 9.59 Å². The Hall–Kier alpha value is -3.41. The zero-order valence-corrected chi connectivity index (χ0v) is 21.6. The van der Waals surface area contributed by atoms with Crippen LogP contribution in [0.1, 0.15) is 78.4 Å². The summed E-state index contributed by atoms with van der Waals surface area (Å²) in [5.41, 5.74) is 5.71. The molecule has 0 saturated heterocycles. The van der Waals surface area contributed by atoms with Crippen molar-refractivity contribution in [2.24, 2.45) is 5.92 Å². The Bertz CT molecular complexity index is 1150. The molecule has 1 amide bonds. The third-order valence-electron chi connectivity index (χ3n) is 6.47. The molecule has 2 aromatic carbocycles. The molecule has 0 aliphatic heterocycles. The minimum atomic E-state index is -0.458. The van der Waals surface area contributed by atoms with Gasteiger partial charge in [-0.2, -0.15) is 5.10 Å². The van der Waals surface area contributed by atoms with E-state index in [2.05, 4.69) is 50.2 Å². The van der Waals surface area contributed by atoms with E-state index in [0.29, 0.717) is 18.0 Å². The van der Waals surface area contributed by atoms with E-state index in [1.54, 1.807) is 29.8 Å². The third-order valence-corrected chi connectivity index (χ3v) is 6.47. The van der Waals surface area contributed by atoms with Crippen molar-refractivity contribution in [2.45, 2.75) is 60.3 Å². The highest BCUT2D eigenvalue weighted by Gasteiger charge is 2.18. The van der Waals surface area contributed by atoms with Gasteiger partial charge in [-0.1, -0.05) is 45.2 Å². The molecule has 1 atom stereocenters. The molecule has 0 radical (unpaired) electrons. The van der Waals surface area contributed by atoms with Gasteiger partial charge in [0.2, 0.25) is 0 Å². The summed E-state index contributed by atoms with van der Waals surface area (Å²) < 4.78 is 6.91. The van der Waals surface area contributed by atoms with Gasteiger partial charge in [-0.15, -0.1) is 0 Å². The molecular weight excluding hydrogens is 438 g/mol. The number of hydrogen-bond acceptors (Lipinski definition) is 4. The number of unbranched alkanes of at least 4 members (excludes halogenated alkanes) is 1. The number of carbonyl (C=O) groups is 2. The van der Waals surface area contributed by atoms with Crippen LogP contribution in [0.15, 0.2) is 48.5 Å². The maximum absolute atomic E-state index is 12.7. The van der Waals surface area contributed by atoms with Crippen LogP contribution >= 0.6 is 0 Å². The number of carbonyl (C=O) groups excluding carboxylic acids is 2. The predicted octanol–water partition coefficient (Wildman–Crippen LogP) is 6.28. The van der Waals surface area contributed by atoms with Crippen molar-refractivity contribution in [3.63, 3.8) is 0 Å². The Morgan fingerprint density at radius 3 is 2.37 bits per heavy atom. The minimum absolute atomic E-state index is 0.0754. The first-order valence-electron chi connectivity index (χ1n) is 12.6. The summed E-state index contributed by atoms with van der Waals surface area (Å²) in [6, 6.07) is 15.2. The van der Waals surface area contributed by atoms with Crippen LogP contribution in [0, 0.1) is 19.8 Å². The fourth-order valence-corrected chi connectivity index (χ4v) is 4.03. The highest BCUT2D eigenvalue weighted by Crippen LogP contribution is 2.26. The van der Waals surface area contributed by atoms with E-state index < -0.39 is 5.97 Å². The summed E-state index contributed by atoms with van der Waals surface area (Å²) in [5.74, 6) is -0.0292. The lowest BCUT2D eigenvalue weighted by Crippen LogP contribution is -2.29. The normalized spacial score (nSPS) is 11.8. The van der Waals surface area contributed by atoms with E-state index in [4.69, 9.17) is 4.74 Å².